The quantitative estimate of drug-likeness (QED) is 0.922. The molecule has 1 aromatic carbocycles. The highest BCUT2D eigenvalue weighted by atomic mass is 79.9. The Bertz CT molecular complexity index is 499. The number of nitriles is 1. The second kappa shape index (κ2) is 5.55. The zero-order chi connectivity index (χ0) is 12.1. The van der Waals surface area contributed by atoms with Crippen LogP contribution in [0.4, 0.5) is 5.69 Å². The molecule has 0 radical (unpaired) electrons. The second-order valence-electron chi connectivity index (χ2n) is 3.58. The fourth-order valence-electron chi connectivity index (χ4n) is 1.55. The first-order chi connectivity index (χ1) is 8.29. The van der Waals surface area contributed by atoms with E-state index in [0.29, 0.717) is 6.42 Å². The van der Waals surface area contributed by atoms with Crippen LogP contribution in [-0.4, -0.2) is 0 Å². The van der Waals surface area contributed by atoms with Gasteiger partial charge in [0.15, 0.2) is 0 Å². The van der Waals surface area contributed by atoms with E-state index in [9.17, 15) is 0 Å². The first kappa shape index (κ1) is 11.7. The molecule has 1 atom stereocenters. The Morgan fingerprint density at radius 2 is 2.06 bits per heavy atom. The van der Waals surface area contributed by atoms with Crippen LogP contribution >= 0.6 is 15.9 Å². The van der Waals surface area contributed by atoms with Gasteiger partial charge >= 0.3 is 0 Å². The smallest absolute Gasteiger partial charge is 0.127 e. The minimum absolute atomic E-state index is 0.115. The first-order valence-electron chi connectivity index (χ1n) is 5.22. The highest BCUT2D eigenvalue weighted by Crippen LogP contribution is 2.23. The largest absolute Gasteiger partial charge is 0.467 e. The maximum absolute atomic E-state index is 8.82. The standard InChI is InChI=1S/C13H11BrN2O/c14-10-3-5-11(6-4-10)16-12(7-8-15)13-2-1-9-17-13/h1-6,9,12,16H,7H2. The van der Waals surface area contributed by atoms with E-state index >= 15 is 0 Å². The zero-order valence-corrected chi connectivity index (χ0v) is 10.6. The minimum Gasteiger partial charge on any atom is -0.467 e. The minimum atomic E-state index is -0.115. The maximum Gasteiger partial charge on any atom is 0.127 e. The lowest BCUT2D eigenvalue weighted by molar-refractivity contribution is 0.481. The van der Waals surface area contributed by atoms with Gasteiger partial charge in [-0.2, -0.15) is 5.26 Å². The monoisotopic (exact) mass is 290 g/mol. The van der Waals surface area contributed by atoms with Gasteiger partial charge in [0.05, 0.1) is 24.8 Å². The SMILES string of the molecule is N#CCC(Nc1ccc(Br)cc1)c1ccco1. The van der Waals surface area contributed by atoms with Gasteiger partial charge in [-0.1, -0.05) is 15.9 Å². The first-order valence-corrected chi connectivity index (χ1v) is 6.01. The number of hydrogen-bond donors (Lipinski definition) is 1. The molecule has 0 saturated carbocycles. The number of rotatable bonds is 4. The lowest BCUT2D eigenvalue weighted by atomic mass is 10.1. The lowest BCUT2D eigenvalue weighted by Crippen LogP contribution is -2.09. The van der Waals surface area contributed by atoms with Gasteiger partial charge in [0.2, 0.25) is 0 Å². The molecule has 0 spiro atoms. The van der Waals surface area contributed by atoms with Crippen LogP contribution in [0.3, 0.4) is 0 Å². The van der Waals surface area contributed by atoms with Crippen LogP contribution in [0.2, 0.25) is 0 Å². The maximum atomic E-state index is 8.82. The summed E-state index contributed by atoms with van der Waals surface area (Å²) < 4.78 is 6.35. The average Bonchev–Trinajstić information content (AvgIpc) is 2.85. The predicted molar refractivity (Wildman–Crippen MR) is 69.4 cm³/mol. The lowest BCUT2D eigenvalue weighted by Gasteiger charge is -2.14. The number of anilines is 1. The van der Waals surface area contributed by atoms with Crippen LogP contribution in [0.1, 0.15) is 18.2 Å². The summed E-state index contributed by atoms with van der Waals surface area (Å²) in [4.78, 5) is 0. The van der Waals surface area contributed by atoms with Crippen molar-refractivity contribution in [3.63, 3.8) is 0 Å². The van der Waals surface area contributed by atoms with Gasteiger partial charge in [-0.25, -0.2) is 0 Å². The summed E-state index contributed by atoms with van der Waals surface area (Å²) in [6.45, 7) is 0. The van der Waals surface area contributed by atoms with E-state index in [0.717, 1.165) is 15.9 Å². The van der Waals surface area contributed by atoms with Crippen molar-refractivity contribution in [3.8, 4) is 6.07 Å². The molecule has 0 bridgehead atoms. The van der Waals surface area contributed by atoms with Gasteiger partial charge in [0.1, 0.15) is 5.76 Å². The summed E-state index contributed by atoms with van der Waals surface area (Å²) in [5.74, 6) is 0.773. The van der Waals surface area contributed by atoms with Crippen molar-refractivity contribution in [1.29, 1.82) is 5.26 Å². The molecule has 1 unspecified atom stereocenters. The summed E-state index contributed by atoms with van der Waals surface area (Å²) in [5.41, 5.74) is 0.963. The molecule has 3 nitrogen and oxygen atoms in total. The molecule has 1 aromatic heterocycles. The van der Waals surface area contributed by atoms with Crippen LogP contribution in [0.5, 0.6) is 0 Å². The third-order valence-electron chi connectivity index (χ3n) is 2.37. The number of nitrogens with zero attached hydrogens (tertiary/aromatic N) is 1. The van der Waals surface area contributed by atoms with Crippen molar-refractivity contribution in [1.82, 2.24) is 0 Å². The Labute approximate surface area is 108 Å². The molecule has 0 fully saturated rings. The molecule has 4 heteroatoms. The second-order valence-corrected chi connectivity index (χ2v) is 4.50. The van der Waals surface area contributed by atoms with Crippen LogP contribution in [0.15, 0.2) is 51.6 Å². The molecule has 0 aliphatic heterocycles. The number of benzene rings is 1. The molecule has 1 N–H and O–H groups in total. The molecule has 0 aliphatic rings. The summed E-state index contributed by atoms with van der Waals surface area (Å²) in [6.07, 6.45) is 1.98. The average molecular weight is 291 g/mol. The zero-order valence-electron chi connectivity index (χ0n) is 9.06. The molecule has 17 heavy (non-hydrogen) atoms. The van der Waals surface area contributed by atoms with E-state index in [1.54, 1.807) is 6.26 Å². The summed E-state index contributed by atoms with van der Waals surface area (Å²) >= 11 is 3.38. The van der Waals surface area contributed by atoms with E-state index in [4.69, 9.17) is 9.68 Å². The highest BCUT2D eigenvalue weighted by molar-refractivity contribution is 9.10. The van der Waals surface area contributed by atoms with E-state index in [-0.39, 0.29) is 6.04 Å². The molecule has 0 saturated heterocycles. The fraction of sp³-hybridized carbons (Fsp3) is 0.154. The van der Waals surface area contributed by atoms with Gasteiger partial charge < -0.3 is 9.73 Å². The van der Waals surface area contributed by atoms with E-state index in [1.165, 1.54) is 0 Å². The Morgan fingerprint density at radius 3 is 2.65 bits per heavy atom. The van der Waals surface area contributed by atoms with Gasteiger partial charge in [0, 0.05) is 10.2 Å². The van der Waals surface area contributed by atoms with Crippen molar-refractivity contribution >= 4 is 21.6 Å². The van der Waals surface area contributed by atoms with Gasteiger partial charge in [-0.3, -0.25) is 0 Å². The Hall–Kier alpha value is -1.73. The number of hydrogen-bond acceptors (Lipinski definition) is 3. The van der Waals surface area contributed by atoms with Crippen molar-refractivity contribution in [3.05, 3.63) is 52.9 Å². The fourth-order valence-corrected chi connectivity index (χ4v) is 1.82. The molecule has 0 aliphatic carbocycles. The number of halogens is 1. The molecule has 2 rings (SSSR count). The summed E-state index contributed by atoms with van der Waals surface area (Å²) in [5, 5.41) is 12.1. The molecule has 86 valence electrons. The highest BCUT2D eigenvalue weighted by Gasteiger charge is 2.13. The van der Waals surface area contributed by atoms with Crippen molar-refractivity contribution in [2.24, 2.45) is 0 Å². The van der Waals surface area contributed by atoms with Crippen LogP contribution in [0, 0.1) is 11.3 Å². The Kier molecular flexibility index (Phi) is 3.84. The molecule has 2 aromatic rings. The third-order valence-corrected chi connectivity index (χ3v) is 2.90. The van der Waals surface area contributed by atoms with E-state index < -0.39 is 0 Å². The van der Waals surface area contributed by atoms with Crippen LogP contribution in [-0.2, 0) is 0 Å². The molecule has 1 heterocycles. The predicted octanol–water partition coefficient (Wildman–Crippen LogP) is 4.11. The van der Waals surface area contributed by atoms with Crippen LogP contribution in [0.25, 0.3) is 0 Å². The molecule has 0 amide bonds. The van der Waals surface area contributed by atoms with Gasteiger partial charge in [-0.15, -0.1) is 0 Å². The van der Waals surface area contributed by atoms with Crippen molar-refractivity contribution in [2.75, 3.05) is 5.32 Å². The Morgan fingerprint density at radius 1 is 1.29 bits per heavy atom. The topological polar surface area (TPSA) is 49.0 Å². The van der Waals surface area contributed by atoms with Gasteiger partial charge in [-0.05, 0) is 36.4 Å². The normalized spacial score (nSPS) is 11.8. The third kappa shape index (κ3) is 3.11. The van der Waals surface area contributed by atoms with E-state index in [2.05, 4.69) is 27.3 Å². The molecular weight excluding hydrogens is 280 g/mol. The summed E-state index contributed by atoms with van der Waals surface area (Å²) in [6, 6.07) is 13.5. The molecular formula is C13H11BrN2O. The van der Waals surface area contributed by atoms with Crippen molar-refractivity contribution in [2.45, 2.75) is 12.5 Å². The van der Waals surface area contributed by atoms with E-state index in [1.807, 2.05) is 36.4 Å². The van der Waals surface area contributed by atoms with Gasteiger partial charge in [0.25, 0.3) is 0 Å². The Balaban J connectivity index is 2.13. The number of furan rings is 1. The summed E-state index contributed by atoms with van der Waals surface area (Å²) in [7, 11) is 0. The van der Waals surface area contributed by atoms with Crippen LogP contribution < -0.4 is 5.32 Å². The number of nitrogens with one attached hydrogen (secondary N) is 1. The van der Waals surface area contributed by atoms with Crippen molar-refractivity contribution < 1.29 is 4.42 Å².